The lowest BCUT2D eigenvalue weighted by Crippen LogP contribution is -2.37. The maximum Gasteiger partial charge on any atom is 0.0703 e. The number of nitrogens with one attached hydrogen (secondary N) is 1. The fraction of sp³-hybridized carbons (Fsp3) is 0.471. The summed E-state index contributed by atoms with van der Waals surface area (Å²) in [7, 11) is 0. The quantitative estimate of drug-likeness (QED) is 0.927. The van der Waals surface area contributed by atoms with Gasteiger partial charge in [0.2, 0.25) is 0 Å². The molecule has 2 heterocycles. The lowest BCUT2D eigenvalue weighted by Gasteiger charge is -2.26. The van der Waals surface area contributed by atoms with Crippen LogP contribution in [0.2, 0.25) is 0 Å². The fourth-order valence-electron chi connectivity index (χ4n) is 3.01. The van der Waals surface area contributed by atoms with Crippen LogP contribution in [0.4, 0.5) is 5.69 Å². The Morgan fingerprint density at radius 3 is 3.15 bits per heavy atom. The summed E-state index contributed by atoms with van der Waals surface area (Å²) in [6.07, 6.45) is 5.71. The maximum absolute atomic E-state index is 4.60. The molecular weight excluding hydrogens is 246 g/mol. The van der Waals surface area contributed by atoms with Crippen LogP contribution in [0.1, 0.15) is 26.2 Å². The molecular formula is C17H23N3. The van der Waals surface area contributed by atoms with E-state index in [1.54, 1.807) is 0 Å². The normalized spacial score (nSPS) is 20.1. The van der Waals surface area contributed by atoms with Crippen molar-refractivity contribution in [2.45, 2.75) is 32.2 Å². The minimum atomic E-state index is 0.606. The number of pyridine rings is 1. The van der Waals surface area contributed by atoms with Gasteiger partial charge in [-0.2, -0.15) is 0 Å². The summed E-state index contributed by atoms with van der Waals surface area (Å²) in [5, 5.41) is 4.89. The summed E-state index contributed by atoms with van der Waals surface area (Å²) in [5.74, 6) is 0. The average Bonchev–Trinajstić information content (AvgIpc) is 2.73. The Kier molecular flexibility index (Phi) is 4.16. The van der Waals surface area contributed by atoms with E-state index in [4.69, 9.17) is 0 Å². The molecule has 1 fully saturated rings. The largest absolute Gasteiger partial charge is 0.369 e. The summed E-state index contributed by atoms with van der Waals surface area (Å²) < 4.78 is 0. The number of aromatic nitrogens is 1. The number of nitrogens with zero attached hydrogens (tertiary/aromatic N) is 2. The van der Waals surface area contributed by atoms with Crippen molar-refractivity contribution in [3.8, 4) is 0 Å². The van der Waals surface area contributed by atoms with Gasteiger partial charge in [-0.3, -0.25) is 4.98 Å². The van der Waals surface area contributed by atoms with E-state index in [1.807, 2.05) is 12.3 Å². The molecule has 0 bridgehead atoms. The van der Waals surface area contributed by atoms with Crippen LogP contribution < -0.4 is 10.2 Å². The first-order valence-corrected chi connectivity index (χ1v) is 7.70. The second-order valence-corrected chi connectivity index (χ2v) is 5.63. The van der Waals surface area contributed by atoms with Crippen LogP contribution in [0.15, 0.2) is 36.5 Å². The van der Waals surface area contributed by atoms with Gasteiger partial charge in [-0.25, -0.2) is 0 Å². The Morgan fingerprint density at radius 1 is 1.35 bits per heavy atom. The van der Waals surface area contributed by atoms with Gasteiger partial charge in [0.1, 0.15) is 0 Å². The van der Waals surface area contributed by atoms with Gasteiger partial charge in [0, 0.05) is 24.5 Å². The minimum absolute atomic E-state index is 0.606. The molecule has 1 atom stereocenters. The molecule has 1 saturated heterocycles. The number of hydrogen-bond acceptors (Lipinski definition) is 3. The third-order valence-corrected chi connectivity index (χ3v) is 4.06. The third kappa shape index (κ3) is 2.93. The fourth-order valence-corrected chi connectivity index (χ4v) is 3.01. The zero-order valence-corrected chi connectivity index (χ0v) is 12.2. The van der Waals surface area contributed by atoms with Crippen molar-refractivity contribution in [3.63, 3.8) is 0 Å². The highest BCUT2D eigenvalue weighted by atomic mass is 15.2. The third-order valence-electron chi connectivity index (χ3n) is 4.06. The smallest absolute Gasteiger partial charge is 0.0703 e. The van der Waals surface area contributed by atoms with Crippen molar-refractivity contribution >= 4 is 16.6 Å². The molecule has 2 aromatic rings. The van der Waals surface area contributed by atoms with Crippen LogP contribution in [-0.2, 0) is 0 Å². The van der Waals surface area contributed by atoms with E-state index < -0.39 is 0 Å². The first-order valence-electron chi connectivity index (χ1n) is 7.70. The molecule has 1 aliphatic rings. The number of benzene rings is 1. The van der Waals surface area contributed by atoms with E-state index in [0.29, 0.717) is 6.04 Å². The molecule has 1 unspecified atom stereocenters. The van der Waals surface area contributed by atoms with Gasteiger partial charge in [-0.15, -0.1) is 0 Å². The molecule has 3 nitrogen and oxygen atoms in total. The van der Waals surface area contributed by atoms with Crippen LogP contribution >= 0.6 is 0 Å². The van der Waals surface area contributed by atoms with Gasteiger partial charge in [-0.1, -0.05) is 31.5 Å². The van der Waals surface area contributed by atoms with Gasteiger partial charge in [-0.05, 0) is 31.5 Å². The molecule has 0 amide bonds. The predicted molar refractivity (Wildman–Crippen MR) is 85.3 cm³/mol. The Bertz CT molecular complexity index is 567. The van der Waals surface area contributed by atoms with Crippen molar-refractivity contribution < 1.29 is 0 Å². The summed E-state index contributed by atoms with van der Waals surface area (Å²) in [4.78, 5) is 7.08. The summed E-state index contributed by atoms with van der Waals surface area (Å²) in [5.41, 5.74) is 2.34. The number of hydrogen-bond donors (Lipinski definition) is 1. The van der Waals surface area contributed by atoms with Crippen molar-refractivity contribution in [2.75, 3.05) is 24.5 Å². The van der Waals surface area contributed by atoms with E-state index >= 15 is 0 Å². The van der Waals surface area contributed by atoms with E-state index in [1.165, 1.54) is 30.3 Å². The highest BCUT2D eigenvalue weighted by Crippen LogP contribution is 2.21. The van der Waals surface area contributed by atoms with Gasteiger partial charge < -0.3 is 10.2 Å². The van der Waals surface area contributed by atoms with E-state index in [0.717, 1.165) is 25.2 Å². The standard InChI is InChI=1S/C17H23N3/c1-2-6-15-13-20(10-5-9-18-15)16-11-14-7-3-4-8-17(14)19-12-16/h3-4,7-8,11-12,15,18H,2,5-6,9-10,13H2,1H3. The molecule has 106 valence electrons. The van der Waals surface area contributed by atoms with Gasteiger partial charge in [0.05, 0.1) is 17.4 Å². The Hall–Kier alpha value is -1.61. The predicted octanol–water partition coefficient (Wildman–Crippen LogP) is 3.20. The lowest BCUT2D eigenvalue weighted by atomic mass is 10.1. The number of para-hydroxylation sites is 1. The van der Waals surface area contributed by atoms with Gasteiger partial charge in [0.15, 0.2) is 0 Å². The highest BCUT2D eigenvalue weighted by molar-refractivity contribution is 5.81. The minimum Gasteiger partial charge on any atom is -0.369 e. The number of fused-ring (bicyclic) bond motifs is 1. The zero-order chi connectivity index (χ0) is 13.8. The molecule has 0 spiro atoms. The van der Waals surface area contributed by atoms with Crippen molar-refractivity contribution in [3.05, 3.63) is 36.5 Å². The van der Waals surface area contributed by atoms with E-state index in [9.17, 15) is 0 Å². The first-order chi connectivity index (χ1) is 9.86. The van der Waals surface area contributed by atoms with Crippen LogP contribution in [-0.4, -0.2) is 30.7 Å². The molecule has 0 radical (unpaired) electrons. The topological polar surface area (TPSA) is 28.2 Å². The zero-order valence-electron chi connectivity index (χ0n) is 12.2. The van der Waals surface area contributed by atoms with Gasteiger partial charge in [0.25, 0.3) is 0 Å². The molecule has 3 heteroatoms. The Morgan fingerprint density at radius 2 is 2.25 bits per heavy atom. The monoisotopic (exact) mass is 269 g/mol. The SMILES string of the molecule is CCCC1CN(c2cnc3ccccc3c2)CCCN1. The first kappa shape index (κ1) is 13.4. The molecule has 1 aromatic heterocycles. The summed E-state index contributed by atoms with van der Waals surface area (Å²) >= 11 is 0. The van der Waals surface area contributed by atoms with Crippen LogP contribution in [0, 0.1) is 0 Å². The number of rotatable bonds is 3. The lowest BCUT2D eigenvalue weighted by molar-refractivity contribution is 0.502. The molecule has 0 saturated carbocycles. The average molecular weight is 269 g/mol. The summed E-state index contributed by atoms with van der Waals surface area (Å²) in [6.45, 7) is 5.60. The molecule has 3 rings (SSSR count). The highest BCUT2D eigenvalue weighted by Gasteiger charge is 2.17. The van der Waals surface area contributed by atoms with E-state index in [-0.39, 0.29) is 0 Å². The molecule has 0 aliphatic carbocycles. The molecule has 1 aliphatic heterocycles. The second-order valence-electron chi connectivity index (χ2n) is 5.63. The Balaban J connectivity index is 1.84. The second kappa shape index (κ2) is 6.23. The van der Waals surface area contributed by atoms with Crippen molar-refractivity contribution in [1.29, 1.82) is 0 Å². The molecule has 20 heavy (non-hydrogen) atoms. The van der Waals surface area contributed by atoms with Crippen LogP contribution in [0.5, 0.6) is 0 Å². The Labute approximate surface area is 121 Å². The van der Waals surface area contributed by atoms with Crippen LogP contribution in [0.25, 0.3) is 10.9 Å². The van der Waals surface area contributed by atoms with Crippen molar-refractivity contribution in [1.82, 2.24) is 10.3 Å². The van der Waals surface area contributed by atoms with Crippen molar-refractivity contribution in [2.24, 2.45) is 0 Å². The van der Waals surface area contributed by atoms with E-state index in [2.05, 4.69) is 46.4 Å². The van der Waals surface area contributed by atoms with Crippen LogP contribution in [0.3, 0.4) is 0 Å². The summed E-state index contributed by atoms with van der Waals surface area (Å²) in [6, 6.07) is 11.2. The molecule has 1 N–H and O–H groups in total. The molecule has 1 aromatic carbocycles. The number of anilines is 1. The van der Waals surface area contributed by atoms with Gasteiger partial charge >= 0.3 is 0 Å². The maximum atomic E-state index is 4.60.